The SMILES string of the molecule is CCNC(=O)CCOC1CNc2ccccc2C1. The molecule has 0 spiro atoms. The Labute approximate surface area is 108 Å². The van der Waals surface area contributed by atoms with Crippen LogP contribution in [0.4, 0.5) is 5.69 Å². The first-order chi connectivity index (χ1) is 8.79. The van der Waals surface area contributed by atoms with Crippen LogP contribution in [0.25, 0.3) is 0 Å². The van der Waals surface area contributed by atoms with E-state index in [1.165, 1.54) is 11.3 Å². The van der Waals surface area contributed by atoms with E-state index in [2.05, 4.69) is 22.8 Å². The Kier molecular flexibility index (Phi) is 4.59. The quantitative estimate of drug-likeness (QED) is 0.831. The highest BCUT2D eigenvalue weighted by atomic mass is 16.5. The van der Waals surface area contributed by atoms with Crippen LogP contribution >= 0.6 is 0 Å². The van der Waals surface area contributed by atoms with Gasteiger partial charge in [0.2, 0.25) is 5.91 Å². The number of carbonyl (C=O) groups is 1. The molecule has 1 amide bonds. The lowest BCUT2D eigenvalue weighted by Gasteiger charge is -2.26. The van der Waals surface area contributed by atoms with Gasteiger partial charge in [0.05, 0.1) is 12.7 Å². The summed E-state index contributed by atoms with van der Waals surface area (Å²) in [6.07, 6.45) is 1.51. The maximum absolute atomic E-state index is 11.3. The van der Waals surface area contributed by atoms with Gasteiger partial charge in [0.1, 0.15) is 0 Å². The third kappa shape index (κ3) is 3.47. The summed E-state index contributed by atoms with van der Waals surface area (Å²) < 4.78 is 5.73. The summed E-state index contributed by atoms with van der Waals surface area (Å²) in [4.78, 5) is 11.3. The minimum absolute atomic E-state index is 0.0571. The van der Waals surface area contributed by atoms with Crippen molar-refractivity contribution in [1.29, 1.82) is 0 Å². The molecule has 18 heavy (non-hydrogen) atoms. The Morgan fingerprint density at radius 1 is 1.50 bits per heavy atom. The summed E-state index contributed by atoms with van der Waals surface area (Å²) in [6.45, 7) is 3.89. The van der Waals surface area contributed by atoms with Gasteiger partial charge in [-0.05, 0) is 18.6 Å². The topological polar surface area (TPSA) is 50.4 Å². The fraction of sp³-hybridized carbons (Fsp3) is 0.500. The number of amides is 1. The van der Waals surface area contributed by atoms with Crippen molar-refractivity contribution in [1.82, 2.24) is 5.32 Å². The average Bonchev–Trinajstić information content (AvgIpc) is 2.39. The predicted molar refractivity (Wildman–Crippen MR) is 71.7 cm³/mol. The number of nitrogens with one attached hydrogen (secondary N) is 2. The van der Waals surface area contributed by atoms with E-state index in [1.807, 2.05) is 19.1 Å². The number of hydrogen-bond acceptors (Lipinski definition) is 3. The number of para-hydroxylation sites is 1. The highest BCUT2D eigenvalue weighted by molar-refractivity contribution is 5.75. The maximum Gasteiger partial charge on any atom is 0.222 e. The second kappa shape index (κ2) is 6.40. The van der Waals surface area contributed by atoms with Crippen molar-refractivity contribution in [2.45, 2.75) is 25.9 Å². The van der Waals surface area contributed by atoms with E-state index in [0.717, 1.165) is 13.0 Å². The maximum atomic E-state index is 11.3. The van der Waals surface area contributed by atoms with Crippen LogP contribution in [0.15, 0.2) is 24.3 Å². The van der Waals surface area contributed by atoms with Crippen LogP contribution in [0.2, 0.25) is 0 Å². The monoisotopic (exact) mass is 248 g/mol. The number of carbonyl (C=O) groups excluding carboxylic acids is 1. The molecule has 98 valence electrons. The molecule has 1 aromatic carbocycles. The van der Waals surface area contributed by atoms with Crippen LogP contribution in [0.3, 0.4) is 0 Å². The van der Waals surface area contributed by atoms with Gasteiger partial charge in [0.15, 0.2) is 0 Å². The molecule has 4 heteroatoms. The van der Waals surface area contributed by atoms with Crippen LogP contribution in [0, 0.1) is 0 Å². The number of anilines is 1. The summed E-state index contributed by atoms with van der Waals surface area (Å²) in [5, 5.41) is 6.11. The molecule has 0 saturated carbocycles. The van der Waals surface area contributed by atoms with Crippen LogP contribution in [-0.4, -0.2) is 31.7 Å². The van der Waals surface area contributed by atoms with Gasteiger partial charge in [-0.2, -0.15) is 0 Å². The summed E-state index contributed by atoms with van der Waals surface area (Å²) in [7, 11) is 0. The number of fused-ring (bicyclic) bond motifs is 1. The number of benzene rings is 1. The Balaban J connectivity index is 1.75. The molecule has 1 aliphatic rings. The molecule has 1 aromatic rings. The molecule has 1 heterocycles. The van der Waals surface area contributed by atoms with E-state index in [4.69, 9.17) is 4.74 Å². The summed E-state index contributed by atoms with van der Waals surface area (Å²) >= 11 is 0. The van der Waals surface area contributed by atoms with Gasteiger partial charge < -0.3 is 15.4 Å². The Morgan fingerprint density at radius 2 is 2.33 bits per heavy atom. The summed E-state index contributed by atoms with van der Waals surface area (Å²) in [6, 6.07) is 8.27. The molecule has 4 nitrogen and oxygen atoms in total. The van der Waals surface area contributed by atoms with Gasteiger partial charge in [0.25, 0.3) is 0 Å². The van der Waals surface area contributed by atoms with E-state index >= 15 is 0 Å². The molecule has 0 bridgehead atoms. The lowest BCUT2D eigenvalue weighted by Crippen LogP contribution is -2.32. The molecule has 2 N–H and O–H groups in total. The molecule has 1 atom stereocenters. The van der Waals surface area contributed by atoms with Gasteiger partial charge in [-0.15, -0.1) is 0 Å². The lowest BCUT2D eigenvalue weighted by molar-refractivity contribution is -0.122. The molecule has 0 fully saturated rings. The van der Waals surface area contributed by atoms with Gasteiger partial charge in [-0.25, -0.2) is 0 Å². The fourth-order valence-electron chi connectivity index (χ4n) is 2.13. The van der Waals surface area contributed by atoms with Gasteiger partial charge >= 0.3 is 0 Å². The zero-order valence-corrected chi connectivity index (χ0v) is 10.7. The molecule has 0 aliphatic carbocycles. The smallest absolute Gasteiger partial charge is 0.222 e. The number of hydrogen-bond donors (Lipinski definition) is 2. The van der Waals surface area contributed by atoms with Crippen molar-refractivity contribution in [3.05, 3.63) is 29.8 Å². The highest BCUT2D eigenvalue weighted by Gasteiger charge is 2.18. The third-order valence-corrected chi connectivity index (χ3v) is 3.04. The normalized spacial score (nSPS) is 17.7. The van der Waals surface area contributed by atoms with Crippen molar-refractivity contribution in [2.24, 2.45) is 0 Å². The molecular weight excluding hydrogens is 228 g/mol. The zero-order valence-electron chi connectivity index (χ0n) is 10.7. The predicted octanol–water partition coefficient (Wildman–Crippen LogP) is 1.57. The Bertz CT molecular complexity index is 407. The Hall–Kier alpha value is -1.55. The first-order valence-corrected chi connectivity index (χ1v) is 6.49. The van der Waals surface area contributed by atoms with Gasteiger partial charge in [-0.3, -0.25) is 4.79 Å². The summed E-state index contributed by atoms with van der Waals surface area (Å²) in [5.74, 6) is 0.0571. The minimum atomic E-state index is 0.0571. The van der Waals surface area contributed by atoms with Crippen molar-refractivity contribution in [2.75, 3.05) is 25.0 Å². The van der Waals surface area contributed by atoms with E-state index in [9.17, 15) is 4.79 Å². The number of ether oxygens (including phenoxy) is 1. The largest absolute Gasteiger partial charge is 0.382 e. The summed E-state index contributed by atoms with van der Waals surface area (Å²) in [5.41, 5.74) is 2.48. The zero-order chi connectivity index (χ0) is 12.8. The van der Waals surface area contributed by atoms with Crippen molar-refractivity contribution >= 4 is 11.6 Å². The van der Waals surface area contributed by atoms with Crippen molar-refractivity contribution < 1.29 is 9.53 Å². The minimum Gasteiger partial charge on any atom is -0.382 e. The fourth-order valence-corrected chi connectivity index (χ4v) is 2.13. The van der Waals surface area contributed by atoms with Crippen molar-refractivity contribution in [3.63, 3.8) is 0 Å². The standard InChI is InChI=1S/C14H20N2O2/c1-2-15-14(17)7-8-18-12-9-11-5-3-4-6-13(11)16-10-12/h3-6,12,16H,2,7-10H2,1H3,(H,15,17). The van der Waals surface area contributed by atoms with Crippen LogP contribution in [0.1, 0.15) is 18.9 Å². The second-order valence-electron chi connectivity index (χ2n) is 4.44. The molecule has 0 aromatic heterocycles. The molecule has 1 aliphatic heterocycles. The number of rotatable bonds is 5. The molecule has 2 rings (SSSR count). The van der Waals surface area contributed by atoms with Crippen LogP contribution in [-0.2, 0) is 16.0 Å². The lowest BCUT2D eigenvalue weighted by atomic mass is 10.0. The van der Waals surface area contributed by atoms with E-state index in [0.29, 0.717) is 19.6 Å². The van der Waals surface area contributed by atoms with Gasteiger partial charge in [-0.1, -0.05) is 18.2 Å². The Morgan fingerprint density at radius 3 is 3.17 bits per heavy atom. The van der Waals surface area contributed by atoms with E-state index in [-0.39, 0.29) is 12.0 Å². The first kappa shape index (κ1) is 12.9. The van der Waals surface area contributed by atoms with E-state index in [1.54, 1.807) is 0 Å². The van der Waals surface area contributed by atoms with Gasteiger partial charge in [0, 0.05) is 31.6 Å². The molecule has 0 saturated heterocycles. The molecular formula is C14H20N2O2. The van der Waals surface area contributed by atoms with E-state index < -0.39 is 0 Å². The first-order valence-electron chi connectivity index (χ1n) is 6.49. The van der Waals surface area contributed by atoms with Crippen LogP contribution in [0.5, 0.6) is 0 Å². The molecule has 0 radical (unpaired) electrons. The van der Waals surface area contributed by atoms with Crippen LogP contribution < -0.4 is 10.6 Å². The third-order valence-electron chi connectivity index (χ3n) is 3.04. The molecule has 1 unspecified atom stereocenters. The average molecular weight is 248 g/mol. The highest BCUT2D eigenvalue weighted by Crippen LogP contribution is 2.22. The second-order valence-corrected chi connectivity index (χ2v) is 4.44. The van der Waals surface area contributed by atoms with Crippen molar-refractivity contribution in [3.8, 4) is 0 Å².